The summed E-state index contributed by atoms with van der Waals surface area (Å²) in [5.41, 5.74) is 0. The van der Waals surface area contributed by atoms with Crippen molar-refractivity contribution in [2.24, 2.45) is 0 Å². The number of carbonyl (C=O) groups is 2. The first kappa shape index (κ1) is 13.7. The molecular formula is C10H17N3O3S. The third kappa shape index (κ3) is 3.55. The average Bonchev–Trinajstić information content (AvgIpc) is 2.31. The molecule has 0 spiro atoms. The molecule has 0 bridgehead atoms. The molecule has 0 aliphatic carbocycles. The van der Waals surface area contributed by atoms with Gasteiger partial charge in [-0.25, -0.2) is 0 Å². The molecule has 0 aromatic rings. The predicted molar refractivity (Wildman–Crippen MR) is 66.4 cm³/mol. The molecule has 1 atom stereocenters. The lowest BCUT2D eigenvalue weighted by atomic mass is 10.1. The minimum atomic E-state index is -0.581. The number of hydrogen-bond acceptors (Lipinski definition) is 4. The lowest BCUT2D eigenvalue weighted by Crippen LogP contribution is -2.59. The van der Waals surface area contributed by atoms with E-state index < -0.39 is 12.0 Å². The second kappa shape index (κ2) is 6.39. The zero-order chi connectivity index (χ0) is 12.8. The molecule has 1 rings (SSSR count). The Kier molecular flexibility index (Phi) is 5.14. The van der Waals surface area contributed by atoms with Gasteiger partial charge in [0.05, 0.1) is 13.5 Å². The molecule has 6 nitrogen and oxygen atoms in total. The number of thiocarbonyl (C=S) groups is 1. The molecule has 0 unspecified atom stereocenters. The summed E-state index contributed by atoms with van der Waals surface area (Å²) in [6, 6.07) is -0.581. The molecule has 1 aliphatic rings. The molecular weight excluding hydrogens is 242 g/mol. The first-order valence-corrected chi connectivity index (χ1v) is 5.90. The van der Waals surface area contributed by atoms with Crippen molar-refractivity contribution >= 4 is 29.2 Å². The Labute approximate surface area is 106 Å². The molecule has 2 N–H and O–H groups in total. The van der Waals surface area contributed by atoms with E-state index >= 15 is 0 Å². The SMILES string of the molecule is CCNC(=S)N1CCNC(=O)[C@H]1CC(=O)OC. The standard InChI is InChI=1S/C10H17N3O3S/c1-3-11-10(17)13-5-4-12-9(15)7(13)6-8(14)16-2/h7H,3-6H2,1-2H3,(H,11,17)(H,12,15)/t7-/m1/s1. The summed E-state index contributed by atoms with van der Waals surface area (Å²) < 4.78 is 4.58. The number of ether oxygens (including phenoxy) is 1. The third-order valence-corrected chi connectivity index (χ3v) is 2.89. The van der Waals surface area contributed by atoms with E-state index in [1.54, 1.807) is 4.90 Å². The summed E-state index contributed by atoms with van der Waals surface area (Å²) in [5.74, 6) is -0.613. The Balaban J connectivity index is 2.73. The lowest BCUT2D eigenvalue weighted by molar-refractivity contribution is -0.144. The van der Waals surface area contributed by atoms with Gasteiger partial charge in [0.15, 0.2) is 5.11 Å². The molecule has 7 heteroatoms. The van der Waals surface area contributed by atoms with Gasteiger partial charge < -0.3 is 20.3 Å². The Morgan fingerprint density at radius 1 is 1.71 bits per heavy atom. The van der Waals surface area contributed by atoms with Crippen molar-refractivity contribution < 1.29 is 14.3 Å². The summed E-state index contributed by atoms with van der Waals surface area (Å²) in [6.07, 6.45) is 0.00781. The predicted octanol–water partition coefficient (Wildman–Crippen LogP) is -0.756. The monoisotopic (exact) mass is 259 g/mol. The topological polar surface area (TPSA) is 70.7 Å². The second-order valence-electron chi connectivity index (χ2n) is 3.62. The maximum Gasteiger partial charge on any atom is 0.308 e. The minimum Gasteiger partial charge on any atom is -0.469 e. The number of nitrogens with zero attached hydrogens (tertiary/aromatic N) is 1. The Bertz CT molecular complexity index is 322. The van der Waals surface area contributed by atoms with Crippen LogP contribution in [0.3, 0.4) is 0 Å². The van der Waals surface area contributed by atoms with Crippen LogP contribution in [-0.4, -0.2) is 54.7 Å². The Morgan fingerprint density at radius 3 is 3.00 bits per heavy atom. The normalized spacial score (nSPS) is 19.5. The number of carbonyl (C=O) groups excluding carboxylic acids is 2. The van der Waals surface area contributed by atoms with Crippen LogP contribution in [0.15, 0.2) is 0 Å². The number of piperazine rings is 1. The Hall–Kier alpha value is -1.37. The smallest absolute Gasteiger partial charge is 0.308 e. The van der Waals surface area contributed by atoms with Crippen LogP contribution in [0.5, 0.6) is 0 Å². The highest BCUT2D eigenvalue weighted by Gasteiger charge is 2.33. The Morgan fingerprint density at radius 2 is 2.41 bits per heavy atom. The van der Waals surface area contributed by atoms with Gasteiger partial charge in [-0.05, 0) is 19.1 Å². The minimum absolute atomic E-state index is 0.00781. The van der Waals surface area contributed by atoms with Gasteiger partial charge in [-0.1, -0.05) is 0 Å². The first-order chi connectivity index (χ1) is 8.10. The van der Waals surface area contributed by atoms with Crippen molar-refractivity contribution in [3.8, 4) is 0 Å². The molecule has 17 heavy (non-hydrogen) atoms. The number of amides is 1. The summed E-state index contributed by atoms with van der Waals surface area (Å²) in [4.78, 5) is 24.7. The molecule has 0 aromatic heterocycles. The van der Waals surface area contributed by atoms with Crippen molar-refractivity contribution in [1.29, 1.82) is 0 Å². The molecule has 1 saturated heterocycles. The van der Waals surface area contributed by atoms with Crippen LogP contribution >= 0.6 is 12.2 Å². The van der Waals surface area contributed by atoms with Crippen molar-refractivity contribution in [2.75, 3.05) is 26.7 Å². The number of esters is 1. The molecule has 1 heterocycles. The maximum absolute atomic E-state index is 11.7. The first-order valence-electron chi connectivity index (χ1n) is 5.49. The number of hydrogen-bond donors (Lipinski definition) is 2. The molecule has 1 fully saturated rings. The zero-order valence-corrected chi connectivity index (χ0v) is 10.8. The van der Waals surface area contributed by atoms with Crippen molar-refractivity contribution in [2.45, 2.75) is 19.4 Å². The van der Waals surface area contributed by atoms with E-state index in [-0.39, 0.29) is 12.3 Å². The maximum atomic E-state index is 11.7. The quantitative estimate of drug-likeness (QED) is 0.513. The van der Waals surface area contributed by atoms with Crippen molar-refractivity contribution in [3.05, 3.63) is 0 Å². The van der Waals surface area contributed by atoms with Gasteiger partial charge in [0.2, 0.25) is 5.91 Å². The van der Waals surface area contributed by atoms with E-state index in [1.807, 2.05) is 6.92 Å². The number of nitrogens with one attached hydrogen (secondary N) is 2. The molecule has 1 amide bonds. The van der Waals surface area contributed by atoms with Crippen LogP contribution in [0.4, 0.5) is 0 Å². The molecule has 1 aliphatic heterocycles. The van der Waals surface area contributed by atoms with E-state index in [0.717, 1.165) is 0 Å². The molecule has 0 saturated carbocycles. The van der Waals surface area contributed by atoms with Gasteiger partial charge in [0.25, 0.3) is 0 Å². The van der Waals surface area contributed by atoms with Crippen LogP contribution in [0.25, 0.3) is 0 Å². The number of rotatable bonds is 3. The fraction of sp³-hybridized carbons (Fsp3) is 0.700. The fourth-order valence-corrected chi connectivity index (χ4v) is 2.02. The highest BCUT2D eigenvalue weighted by atomic mass is 32.1. The van der Waals surface area contributed by atoms with E-state index in [4.69, 9.17) is 12.2 Å². The zero-order valence-electron chi connectivity index (χ0n) is 9.99. The summed E-state index contributed by atoms with van der Waals surface area (Å²) in [6.45, 7) is 3.73. The van der Waals surface area contributed by atoms with Gasteiger partial charge in [0.1, 0.15) is 6.04 Å². The van der Waals surface area contributed by atoms with Gasteiger partial charge in [-0.2, -0.15) is 0 Å². The highest BCUT2D eigenvalue weighted by molar-refractivity contribution is 7.80. The van der Waals surface area contributed by atoms with Gasteiger partial charge in [0, 0.05) is 19.6 Å². The van der Waals surface area contributed by atoms with Crippen molar-refractivity contribution in [1.82, 2.24) is 15.5 Å². The average molecular weight is 259 g/mol. The highest BCUT2D eigenvalue weighted by Crippen LogP contribution is 2.10. The summed E-state index contributed by atoms with van der Waals surface area (Å²) >= 11 is 5.17. The fourth-order valence-electron chi connectivity index (χ4n) is 1.65. The van der Waals surface area contributed by atoms with Gasteiger partial charge >= 0.3 is 5.97 Å². The lowest BCUT2D eigenvalue weighted by Gasteiger charge is -2.36. The van der Waals surface area contributed by atoms with Crippen LogP contribution in [0.1, 0.15) is 13.3 Å². The van der Waals surface area contributed by atoms with E-state index in [0.29, 0.717) is 24.7 Å². The van der Waals surface area contributed by atoms with Crippen LogP contribution in [-0.2, 0) is 14.3 Å². The largest absolute Gasteiger partial charge is 0.469 e. The van der Waals surface area contributed by atoms with E-state index in [1.165, 1.54) is 7.11 Å². The summed E-state index contributed by atoms with van der Waals surface area (Å²) in [7, 11) is 1.30. The molecule has 0 aromatic carbocycles. The van der Waals surface area contributed by atoms with E-state index in [2.05, 4.69) is 15.4 Å². The molecule has 96 valence electrons. The summed E-state index contributed by atoms with van der Waals surface area (Å²) in [5, 5.41) is 6.19. The third-order valence-electron chi connectivity index (χ3n) is 2.51. The van der Waals surface area contributed by atoms with Gasteiger partial charge in [-0.15, -0.1) is 0 Å². The van der Waals surface area contributed by atoms with Gasteiger partial charge in [-0.3, -0.25) is 9.59 Å². The molecule has 0 radical (unpaired) electrons. The van der Waals surface area contributed by atoms with Crippen LogP contribution in [0.2, 0.25) is 0 Å². The van der Waals surface area contributed by atoms with E-state index in [9.17, 15) is 9.59 Å². The second-order valence-corrected chi connectivity index (χ2v) is 4.00. The number of methoxy groups -OCH3 is 1. The van der Waals surface area contributed by atoms with Crippen LogP contribution < -0.4 is 10.6 Å². The van der Waals surface area contributed by atoms with Crippen LogP contribution in [0, 0.1) is 0 Å². The van der Waals surface area contributed by atoms with Crippen molar-refractivity contribution in [3.63, 3.8) is 0 Å².